The van der Waals surface area contributed by atoms with Gasteiger partial charge in [-0.2, -0.15) is 0 Å². The van der Waals surface area contributed by atoms with Gasteiger partial charge in [-0.1, -0.05) is 88.5 Å². The van der Waals surface area contributed by atoms with Gasteiger partial charge in [-0.3, -0.25) is 0 Å². The molecule has 2 atom stereocenters. The molecule has 1 aromatic carbocycles. The Balaban J connectivity index is 3.20. The Morgan fingerprint density at radius 1 is 1.05 bits per heavy atom. The Labute approximate surface area is 140 Å². The van der Waals surface area contributed by atoms with Crippen molar-refractivity contribution in [1.82, 2.24) is 0 Å². The standard InChI is InChI=1S/C20H34Si2/c1-10-20(5,22(8,9)12-3)17(4)18-13-15-19(16-14-18)21(6,7)11-2/h11-17H,2-3,10H2,1,4-9H3. The van der Waals surface area contributed by atoms with Crippen molar-refractivity contribution in [2.45, 2.75) is 64.3 Å². The van der Waals surface area contributed by atoms with Gasteiger partial charge in [-0.25, -0.2) is 0 Å². The fourth-order valence-corrected chi connectivity index (χ4v) is 7.16. The molecule has 122 valence electrons. The summed E-state index contributed by atoms with van der Waals surface area (Å²) >= 11 is 0. The van der Waals surface area contributed by atoms with Crippen molar-refractivity contribution in [1.29, 1.82) is 0 Å². The van der Waals surface area contributed by atoms with Gasteiger partial charge >= 0.3 is 0 Å². The van der Waals surface area contributed by atoms with Gasteiger partial charge in [0.25, 0.3) is 0 Å². The Morgan fingerprint density at radius 3 is 1.91 bits per heavy atom. The molecule has 0 radical (unpaired) electrons. The molecular weight excluding hydrogens is 296 g/mol. The number of benzene rings is 1. The van der Waals surface area contributed by atoms with Gasteiger partial charge in [0.2, 0.25) is 0 Å². The third-order valence-electron chi connectivity index (χ3n) is 6.34. The van der Waals surface area contributed by atoms with Gasteiger partial charge in [-0.05, 0) is 16.5 Å². The summed E-state index contributed by atoms with van der Waals surface area (Å²) in [6.45, 7) is 24.9. The molecule has 1 rings (SSSR count). The van der Waals surface area contributed by atoms with Gasteiger partial charge in [0.05, 0.1) is 8.07 Å². The first-order valence-electron chi connectivity index (χ1n) is 8.43. The molecule has 0 N–H and O–H groups in total. The minimum absolute atomic E-state index is 0.335. The molecule has 0 fully saturated rings. The van der Waals surface area contributed by atoms with Crippen LogP contribution in [-0.4, -0.2) is 16.1 Å². The third kappa shape index (κ3) is 3.38. The molecule has 0 aliphatic heterocycles. The van der Waals surface area contributed by atoms with E-state index in [1.807, 2.05) is 0 Å². The van der Waals surface area contributed by atoms with Gasteiger partial charge in [0.1, 0.15) is 8.07 Å². The van der Waals surface area contributed by atoms with Crippen LogP contribution in [0.4, 0.5) is 0 Å². The summed E-state index contributed by atoms with van der Waals surface area (Å²) < 4.78 is 0. The van der Waals surface area contributed by atoms with E-state index in [0.29, 0.717) is 11.0 Å². The first-order chi connectivity index (χ1) is 10.1. The average Bonchev–Trinajstić information content (AvgIpc) is 2.53. The molecule has 0 nitrogen and oxygen atoms in total. The third-order valence-corrected chi connectivity index (χ3v) is 13.9. The zero-order valence-electron chi connectivity index (χ0n) is 15.7. The first-order valence-corrected chi connectivity index (χ1v) is 14.6. The smallest absolute Gasteiger partial charge is 0.103 e. The number of hydrogen-bond acceptors (Lipinski definition) is 0. The highest BCUT2D eigenvalue weighted by Gasteiger charge is 2.43. The van der Waals surface area contributed by atoms with Crippen molar-refractivity contribution >= 4 is 21.3 Å². The monoisotopic (exact) mass is 330 g/mol. The van der Waals surface area contributed by atoms with E-state index >= 15 is 0 Å². The quantitative estimate of drug-likeness (QED) is 0.535. The van der Waals surface area contributed by atoms with Gasteiger partial charge < -0.3 is 0 Å². The maximum absolute atomic E-state index is 4.14. The minimum Gasteiger partial charge on any atom is -0.107 e. The van der Waals surface area contributed by atoms with Crippen molar-refractivity contribution in [2.75, 3.05) is 0 Å². The summed E-state index contributed by atoms with van der Waals surface area (Å²) in [5.74, 6) is 0.555. The van der Waals surface area contributed by atoms with E-state index in [1.165, 1.54) is 17.2 Å². The Bertz CT molecular complexity index is 525. The average molecular weight is 331 g/mol. The van der Waals surface area contributed by atoms with E-state index in [1.54, 1.807) is 0 Å². The highest BCUT2D eigenvalue weighted by Crippen LogP contribution is 2.52. The van der Waals surface area contributed by atoms with E-state index in [-0.39, 0.29) is 0 Å². The summed E-state index contributed by atoms with van der Waals surface area (Å²) in [6, 6.07) is 9.36. The molecule has 0 bridgehead atoms. The highest BCUT2D eigenvalue weighted by molar-refractivity contribution is 6.93. The normalized spacial score (nSPS) is 16.7. The molecule has 0 aliphatic rings. The molecule has 0 saturated heterocycles. The molecule has 1 aromatic rings. The second kappa shape index (κ2) is 6.71. The maximum Gasteiger partial charge on any atom is 0.103 e. The molecule has 2 heteroatoms. The lowest BCUT2D eigenvalue weighted by Crippen LogP contribution is -2.42. The molecule has 22 heavy (non-hydrogen) atoms. The molecular formula is C20H34Si2. The predicted molar refractivity (Wildman–Crippen MR) is 109 cm³/mol. The van der Waals surface area contributed by atoms with Crippen molar-refractivity contribution in [3.8, 4) is 0 Å². The second-order valence-electron chi connectivity index (χ2n) is 7.97. The zero-order chi connectivity index (χ0) is 17.2. The van der Waals surface area contributed by atoms with E-state index in [2.05, 4.69) is 95.8 Å². The predicted octanol–water partition coefficient (Wildman–Crippen LogP) is 6.03. The fraction of sp³-hybridized carbons (Fsp3) is 0.500. The largest absolute Gasteiger partial charge is 0.107 e. The van der Waals surface area contributed by atoms with Gasteiger partial charge in [0, 0.05) is 0 Å². The van der Waals surface area contributed by atoms with Crippen LogP contribution >= 0.6 is 0 Å². The second-order valence-corrected chi connectivity index (χ2v) is 17.4. The molecule has 0 saturated carbocycles. The fourth-order valence-electron chi connectivity index (χ4n) is 3.24. The van der Waals surface area contributed by atoms with Crippen LogP contribution < -0.4 is 5.19 Å². The molecule has 0 aliphatic carbocycles. The molecule has 0 amide bonds. The highest BCUT2D eigenvalue weighted by atomic mass is 28.3. The lowest BCUT2D eigenvalue weighted by Gasteiger charge is -2.45. The van der Waals surface area contributed by atoms with Crippen LogP contribution in [0.15, 0.2) is 48.8 Å². The molecule has 0 heterocycles. The van der Waals surface area contributed by atoms with Crippen molar-refractivity contribution in [3.05, 3.63) is 54.4 Å². The SMILES string of the molecule is C=C[Si](C)(C)c1ccc(C(C)C(C)(CC)[Si](C)(C)C=C)cc1. The van der Waals surface area contributed by atoms with Crippen molar-refractivity contribution in [3.63, 3.8) is 0 Å². The minimum atomic E-state index is -1.48. The Kier molecular flexibility index (Phi) is 5.85. The van der Waals surface area contributed by atoms with E-state index in [0.717, 1.165) is 0 Å². The van der Waals surface area contributed by atoms with Crippen molar-refractivity contribution < 1.29 is 0 Å². The van der Waals surface area contributed by atoms with Crippen molar-refractivity contribution in [2.24, 2.45) is 0 Å². The molecule has 0 spiro atoms. The van der Waals surface area contributed by atoms with Gasteiger partial charge in [-0.15, -0.1) is 18.9 Å². The summed E-state index contributed by atoms with van der Waals surface area (Å²) in [4.78, 5) is 0. The Hall–Kier alpha value is -0.866. The number of hydrogen-bond donors (Lipinski definition) is 0. The van der Waals surface area contributed by atoms with Crippen LogP contribution in [0.5, 0.6) is 0 Å². The van der Waals surface area contributed by atoms with E-state index < -0.39 is 16.1 Å². The van der Waals surface area contributed by atoms with Crippen LogP contribution in [0, 0.1) is 0 Å². The van der Waals surface area contributed by atoms with Crippen LogP contribution in [0.2, 0.25) is 31.2 Å². The van der Waals surface area contributed by atoms with Gasteiger partial charge in [0.15, 0.2) is 0 Å². The van der Waals surface area contributed by atoms with E-state index in [9.17, 15) is 0 Å². The summed E-state index contributed by atoms with van der Waals surface area (Å²) in [5, 5.41) is 1.80. The topological polar surface area (TPSA) is 0 Å². The maximum atomic E-state index is 4.14. The van der Waals surface area contributed by atoms with Crippen LogP contribution in [0.3, 0.4) is 0 Å². The Morgan fingerprint density at radius 2 is 1.55 bits per heavy atom. The van der Waals surface area contributed by atoms with Crippen LogP contribution in [-0.2, 0) is 0 Å². The first kappa shape index (κ1) is 19.2. The summed E-state index contributed by atoms with van der Waals surface area (Å²) in [5.41, 5.74) is 5.88. The van der Waals surface area contributed by atoms with Crippen LogP contribution in [0.25, 0.3) is 0 Å². The summed E-state index contributed by atoms with van der Waals surface area (Å²) in [6.07, 6.45) is 1.20. The molecule has 2 unspecified atom stereocenters. The lowest BCUT2D eigenvalue weighted by molar-refractivity contribution is 0.478. The number of rotatable bonds is 7. The zero-order valence-corrected chi connectivity index (χ0v) is 17.7. The van der Waals surface area contributed by atoms with E-state index in [4.69, 9.17) is 0 Å². The summed E-state index contributed by atoms with van der Waals surface area (Å²) in [7, 11) is -2.93. The molecule has 0 aromatic heterocycles. The lowest BCUT2D eigenvalue weighted by atomic mass is 9.86. The van der Waals surface area contributed by atoms with Crippen LogP contribution in [0.1, 0.15) is 38.7 Å².